The Bertz CT molecular complexity index is 428. The lowest BCUT2D eigenvalue weighted by Crippen LogP contribution is -2.40. The summed E-state index contributed by atoms with van der Waals surface area (Å²) in [5, 5.41) is 5.12. The van der Waals surface area contributed by atoms with E-state index in [4.69, 9.17) is 17.3 Å². The zero-order valence-corrected chi connectivity index (χ0v) is 11.1. The van der Waals surface area contributed by atoms with E-state index in [1.165, 1.54) is 12.8 Å². The highest BCUT2D eigenvalue weighted by Gasteiger charge is 2.39. The molecule has 2 N–H and O–H groups in total. The molecule has 0 spiro atoms. The lowest BCUT2D eigenvalue weighted by molar-refractivity contribution is 0.132. The molecule has 5 heteroatoms. The van der Waals surface area contributed by atoms with Crippen LogP contribution in [0, 0.1) is 6.92 Å². The summed E-state index contributed by atoms with van der Waals surface area (Å²) in [7, 11) is 2.24. The summed E-state index contributed by atoms with van der Waals surface area (Å²) in [5.41, 5.74) is 6.88. The first-order chi connectivity index (χ1) is 8.08. The molecule has 2 aliphatic rings. The minimum atomic E-state index is 0.426. The molecule has 0 radical (unpaired) electrons. The molecule has 0 saturated carbocycles. The van der Waals surface area contributed by atoms with E-state index in [0.717, 1.165) is 18.5 Å². The first kappa shape index (κ1) is 11.4. The molecule has 94 valence electrons. The lowest BCUT2D eigenvalue weighted by atomic mass is 9.98. The van der Waals surface area contributed by atoms with Crippen LogP contribution in [0.1, 0.15) is 37.4 Å². The highest BCUT2D eigenvalue weighted by atomic mass is 35.5. The van der Waals surface area contributed by atoms with Crippen LogP contribution in [-0.4, -0.2) is 33.8 Å². The number of hydrogen-bond acceptors (Lipinski definition) is 3. The predicted octanol–water partition coefficient (Wildman–Crippen LogP) is 2.22. The van der Waals surface area contributed by atoms with Crippen molar-refractivity contribution in [3.05, 3.63) is 10.7 Å². The van der Waals surface area contributed by atoms with Crippen LogP contribution in [0.5, 0.6) is 0 Å². The Morgan fingerprint density at radius 1 is 1.24 bits per heavy atom. The third-order valence-corrected chi connectivity index (χ3v) is 4.93. The number of nitrogens with zero attached hydrogens (tertiary/aromatic N) is 3. The van der Waals surface area contributed by atoms with Crippen LogP contribution < -0.4 is 5.73 Å². The Morgan fingerprint density at radius 3 is 2.29 bits per heavy atom. The van der Waals surface area contributed by atoms with Crippen molar-refractivity contribution in [2.45, 2.75) is 50.7 Å². The summed E-state index contributed by atoms with van der Waals surface area (Å²) < 4.78 is 1.95. The Balaban J connectivity index is 1.89. The quantitative estimate of drug-likeness (QED) is 0.836. The van der Waals surface area contributed by atoms with Crippen molar-refractivity contribution in [2.75, 3.05) is 12.8 Å². The van der Waals surface area contributed by atoms with Gasteiger partial charge in [0.05, 0.1) is 11.7 Å². The van der Waals surface area contributed by atoms with Crippen molar-refractivity contribution in [1.29, 1.82) is 0 Å². The van der Waals surface area contributed by atoms with E-state index < -0.39 is 0 Å². The van der Waals surface area contributed by atoms with Gasteiger partial charge in [-0.15, -0.1) is 0 Å². The number of hydrogen-bond donors (Lipinski definition) is 1. The molecule has 0 amide bonds. The highest BCUT2D eigenvalue weighted by Crippen LogP contribution is 2.41. The van der Waals surface area contributed by atoms with Crippen LogP contribution in [0.3, 0.4) is 0 Å². The van der Waals surface area contributed by atoms with E-state index in [1.54, 1.807) is 0 Å². The standard InChI is InChI=1S/C12H19ClN4/c1-7-11(13)12(14)17(15-7)10-5-8-3-4-9(6-10)16(8)2/h8-10H,3-6,14H2,1-2H3. The van der Waals surface area contributed by atoms with Crippen molar-refractivity contribution in [3.63, 3.8) is 0 Å². The van der Waals surface area contributed by atoms with E-state index in [0.29, 0.717) is 29.0 Å². The van der Waals surface area contributed by atoms with Gasteiger partial charge in [-0.2, -0.15) is 5.10 Å². The van der Waals surface area contributed by atoms with Crippen molar-refractivity contribution >= 4 is 17.4 Å². The van der Waals surface area contributed by atoms with Gasteiger partial charge in [-0.3, -0.25) is 0 Å². The number of fused-ring (bicyclic) bond motifs is 2. The summed E-state index contributed by atoms with van der Waals surface area (Å²) in [6.45, 7) is 1.92. The number of nitrogens with two attached hydrogens (primary N) is 1. The molecule has 17 heavy (non-hydrogen) atoms. The molecule has 3 rings (SSSR count). The highest BCUT2D eigenvalue weighted by molar-refractivity contribution is 6.33. The minimum absolute atomic E-state index is 0.426. The molecule has 2 bridgehead atoms. The number of anilines is 1. The molecule has 2 aliphatic heterocycles. The average Bonchev–Trinajstić information content (AvgIpc) is 2.69. The van der Waals surface area contributed by atoms with Crippen LogP contribution >= 0.6 is 11.6 Å². The second kappa shape index (κ2) is 3.89. The zero-order chi connectivity index (χ0) is 12.2. The summed E-state index contributed by atoms with van der Waals surface area (Å²) in [5.74, 6) is 0.637. The molecule has 2 unspecified atom stereocenters. The lowest BCUT2D eigenvalue weighted by Gasteiger charge is -2.36. The Morgan fingerprint density at radius 2 is 1.82 bits per heavy atom. The Labute approximate surface area is 107 Å². The van der Waals surface area contributed by atoms with E-state index >= 15 is 0 Å². The number of aryl methyl sites for hydroxylation is 1. The molecule has 2 atom stereocenters. The largest absolute Gasteiger partial charge is 0.383 e. The summed E-state index contributed by atoms with van der Waals surface area (Å²) in [4.78, 5) is 2.52. The van der Waals surface area contributed by atoms with Crippen molar-refractivity contribution in [1.82, 2.24) is 14.7 Å². The van der Waals surface area contributed by atoms with E-state index in [2.05, 4.69) is 17.0 Å². The van der Waals surface area contributed by atoms with Gasteiger partial charge in [-0.25, -0.2) is 4.68 Å². The maximum atomic E-state index is 6.12. The van der Waals surface area contributed by atoms with Gasteiger partial charge in [0.25, 0.3) is 0 Å². The van der Waals surface area contributed by atoms with Gasteiger partial charge in [0.1, 0.15) is 10.8 Å². The Hall–Kier alpha value is -0.740. The third kappa shape index (κ3) is 1.66. The molecule has 2 saturated heterocycles. The second-order valence-corrected chi connectivity index (χ2v) is 5.78. The SMILES string of the molecule is Cc1nn(C2CC3CCC(C2)N3C)c(N)c1Cl. The topological polar surface area (TPSA) is 47.1 Å². The van der Waals surface area contributed by atoms with E-state index in [1.807, 2.05) is 11.6 Å². The summed E-state index contributed by atoms with van der Waals surface area (Å²) in [6.07, 6.45) is 4.92. The third-order valence-electron chi connectivity index (χ3n) is 4.47. The van der Waals surface area contributed by atoms with Gasteiger partial charge < -0.3 is 10.6 Å². The van der Waals surface area contributed by atoms with Gasteiger partial charge in [-0.05, 0) is 39.7 Å². The minimum Gasteiger partial charge on any atom is -0.383 e. The molecular formula is C12H19ClN4. The predicted molar refractivity (Wildman–Crippen MR) is 69.2 cm³/mol. The molecule has 2 fully saturated rings. The van der Waals surface area contributed by atoms with Gasteiger partial charge in [0.15, 0.2) is 0 Å². The van der Waals surface area contributed by atoms with Gasteiger partial charge in [0.2, 0.25) is 0 Å². The van der Waals surface area contributed by atoms with Crippen LogP contribution in [0.15, 0.2) is 0 Å². The van der Waals surface area contributed by atoms with Gasteiger partial charge >= 0.3 is 0 Å². The Kier molecular flexibility index (Phi) is 2.60. The molecule has 0 aliphatic carbocycles. The smallest absolute Gasteiger partial charge is 0.141 e. The first-order valence-corrected chi connectivity index (χ1v) is 6.67. The van der Waals surface area contributed by atoms with E-state index in [-0.39, 0.29) is 0 Å². The number of nitrogen functional groups attached to an aromatic ring is 1. The monoisotopic (exact) mass is 254 g/mol. The van der Waals surface area contributed by atoms with Crippen LogP contribution in [0.25, 0.3) is 0 Å². The maximum absolute atomic E-state index is 6.12. The van der Waals surface area contributed by atoms with Crippen molar-refractivity contribution in [3.8, 4) is 0 Å². The van der Waals surface area contributed by atoms with Crippen LogP contribution in [-0.2, 0) is 0 Å². The number of halogens is 1. The number of aromatic nitrogens is 2. The maximum Gasteiger partial charge on any atom is 0.141 e. The molecule has 0 aromatic carbocycles. The van der Waals surface area contributed by atoms with Gasteiger partial charge in [-0.1, -0.05) is 11.6 Å². The summed E-state index contributed by atoms with van der Waals surface area (Å²) in [6, 6.07) is 1.82. The fraction of sp³-hybridized carbons (Fsp3) is 0.750. The van der Waals surface area contributed by atoms with Crippen molar-refractivity contribution in [2.24, 2.45) is 0 Å². The molecule has 3 heterocycles. The first-order valence-electron chi connectivity index (χ1n) is 6.30. The molecule has 1 aromatic heterocycles. The fourth-order valence-corrected chi connectivity index (χ4v) is 3.53. The van der Waals surface area contributed by atoms with E-state index in [9.17, 15) is 0 Å². The summed E-state index contributed by atoms with van der Waals surface area (Å²) >= 11 is 6.12. The second-order valence-electron chi connectivity index (χ2n) is 5.40. The number of rotatable bonds is 1. The normalized spacial score (nSPS) is 33.2. The fourth-order valence-electron chi connectivity index (χ4n) is 3.41. The van der Waals surface area contributed by atoms with Crippen LogP contribution in [0.2, 0.25) is 5.02 Å². The van der Waals surface area contributed by atoms with Gasteiger partial charge in [0, 0.05) is 12.1 Å². The van der Waals surface area contributed by atoms with Crippen molar-refractivity contribution < 1.29 is 0 Å². The van der Waals surface area contributed by atoms with Crippen LogP contribution in [0.4, 0.5) is 5.82 Å². The molecular weight excluding hydrogens is 236 g/mol. The average molecular weight is 255 g/mol. The molecule has 1 aromatic rings. The zero-order valence-electron chi connectivity index (χ0n) is 10.4. The number of piperidine rings is 1. The molecule has 4 nitrogen and oxygen atoms in total.